The normalized spacial score (nSPS) is 13.9. The van der Waals surface area contributed by atoms with Crippen molar-refractivity contribution in [3.8, 4) is 0 Å². The van der Waals surface area contributed by atoms with E-state index in [9.17, 15) is 19.0 Å². The Bertz CT molecular complexity index is 1090. The largest absolute Gasteiger partial charge is 0.472 e. The molecule has 55 heavy (non-hydrogen) atoms. The summed E-state index contributed by atoms with van der Waals surface area (Å²) in [5.41, 5.74) is 5.34. The lowest BCUT2D eigenvalue weighted by atomic mass is 10.0. The van der Waals surface area contributed by atoms with E-state index in [1.165, 1.54) is 83.5 Å². The van der Waals surface area contributed by atoms with Crippen molar-refractivity contribution in [3.63, 3.8) is 0 Å². The molecule has 0 rings (SSSR count). The number of phosphoric ester groups is 1. The van der Waals surface area contributed by atoms with E-state index < -0.39 is 32.5 Å². The first-order valence-electron chi connectivity index (χ1n) is 21.8. The number of allylic oxidation sites excluding steroid dienone is 10. The standard InChI is InChI=1S/C45H80NO8P/c1-3-5-7-9-11-13-15-17-19-21-23-25-27-29-31-33-35-37-44(47)51-41-43(42-53-55(49,50)52-40-39-46)54-45(48)38-36-34-32-30-28-26-24-22-20-18-16-14-12-10-8-6-4-2/h5,7,11,13,17,19,23,25,29,31,43H,3-4,6,8-10,12,14-16,18,20-22,24,26-28,30,32-42,46H2,1-2H3,(H,49,50)/b7-5-,13-11-,19-17-,25-23-,31-29-/t43-/m1/s1. The number of carbonyl (C=O) groups excluding carboxylic acids is 2. The van der Waals surface area contributed by atoms with E-state index >= 15 is 0 Å². The van der Waals surface area contributed by atoms with Gasteiger partial charge in [0.25, 0.3) is 0 Å². The van der Waals surface area contributed by atoms with Crippen LogP contribution in [0.4, 0.5) is 0 Å². The van der Waals surface area contributed by atoms with Gasteiger partial charge in [-0.05, 0) is 51.4 Å². The second-order valence-electron chi connectivity index (χ2n) is 14.2. The van der Waals surface area contributed by atoms with Gasteiger partial charge in [-0.3, -0.25) is 18.6 Å². The lowest BCUT2D eigenvalue weighted by molar-refractivity contribution is -0.161. The summed E-state index contributed by atoms with van der Waals surface area (Å²) in [5.74, 6) is -0.896. The predicted octanol–water partition coefficient (Wildman–Crippen LogP) is 12.5. The van der Waals surface area contributed by atoms with E-state index in [1.54, 1.807) is 0 Å². The van der Waals surface area contributed by atoms with Crippen molar-refractivity contribution in [3.05, 3.63) is 60.8 Å². The van der Waals surface area contributed by atoms with Crippen LogP contribution >= 0.6 is 7.82 Å². The SMILES string of the molecule is CC/C=C\C/C=C\C/C=C\C/C=C\C/C=C\CCCC(=O)OC[C@H](COP(=O)(O)OCCN)OC(=O)CCCCCCCCCCCCCCCCCCC. The van der Waals surface area contributed by atoms with E-state index in [2.05, 4.69) is 68.5 Å². The minimum atomic E-state index is -4.39. The Balaban J connectivity index is 4.23. The Morgan fingerprint density at radius 2 is 1.00 bits per heavy atom. The highest BCUT2D eigenvalue weighted by Crippen LogP contribution is 2.43. The third kappa shape index (κ3) is 41.2. The Morgan fingerprint density at radius 1 is 0.564 bits per heavy atom. The molecule has 0 fully saturated rings. The van der Waals surface area contributed by atoms with Gasteiger partial charge in [0.2, 0.25) is 0 Å². The maximum absolute atomic E-state index is 12.6. The van der Waals surface area contributed by atoms with Gasteiger partial charge in [-0.15, -0.1) is 0 Å². The molecule has 0 saturated heterocycles. The third-order valence-electron chi connectivity index (χ3n) is 8.92. The highest BCUT2D eigenvalue weighted by Gasteiger charge is 2.25. The molecule has 0 aliphatic rings. The first-order valence-corrected chi connectivity index (χ1v) is 23.3. The van der Waals surface area contributed by atoms with Gasteiger partial charge in [0.1, 0.15) is 6.61 Å². The second kappa shape index (κ2) is 41.3. The first kappa shape index (κ1) is 52.7. The molecule has 0 saturated carbocycles. The zero-order valence-corrected chi connectivity index (χ0v) is 35.8. The summed E-state index contributed by atoms with van der Waals surface area (Å²) in [7, 11) is -4.39. The maximum Gasteiger partial charge on any atom is 0.472 e. The molecule has 318 valence electrons. The summed E-state index contributed by atoms with van der Waals surface area (Å²) >= 11 is 0. The quantitative estimate of drug-likeness (QED) is 0.0269. The lowest BCUT2D eigenvalue weighted by Gasteiger charge is -2.19. The molecule has 3 N–H and O–H groups in total. The molecule has 0 aromatic rings. The molecule has 2 atom stereocenters. The van der Waals surface area contributed by atoms with Gasteiger partial charge in [-0.2, -0.15) is 0 Å². The number of esters is 2. The zero-order valence-electron chi connectivity index (χ0n) is 34.9. The number of phosphoric acid groups is 1. The maximum atomic E-state index is 12.6. The van der Waals surface area contributed by atoms with Crippen molar-refractivity contribution >= 4 is 19.8 Å². The Hall–Kier alpha value is -2.29. The van der Waals surface area contributed by atoms with E-state index in [-0.39, 0.29) is 32.6 Å². The van der Waals surface area contributed by atoms with E-state index in [1.807, 2.05) is 6.08 Å². The molecular formula is C45H80NO8P. The van der Waals surface area contributed by atoms with Crippen LogP contribution in [0.25, 0.3) is 0 Å². The van der Waals surface area contributed by atoms with Crippen LogP contribution in [0.1, 0.15) is 181 Å². The van der Waals surface area contributed by atoms with Crippen LogP contribution in [0.15, 0.2) is 60.8 Å². The van der Waals surface area contributed by atoms with Crippen LogP contribution in [0.2, 0.25) is 0 Å². The van der Waals surface area contributed by atoms with E-state index in [4.69, 9.17) is 24.3 Å². The topological polar surface area (TPSA) is 134 Å². The van der Waals surface area contributed by atoms with Crippen LogP contribution < -0.4 is 5.73 Å². The summed E-state index contributed by atoms with van der Waals surface area (Å²) in [4.78, 5) is 34.8. The van der Waals surface area contributed by atoms with Crippen LogP contribution in [0, 0.1) is 0 Å². The predicted molar refractivity (Wildman–Crippen MR) is 229 cm³/mol. The molecule has 0 spiro atoms. The molecule has 1 unspecified atom stereocenters. The van der Waals surface area contributed by atoms with Gasteiger partial charge < -0.3 is 20.1 Å². The fraction of sp³-hybridized carbons (Fsp3) is 0.733. The molecule has 9 nitrogen and oxygen atoms in total. The summed E-state index contributed by atoms with van der Waals surface area (Å²) in [6.07, 6.45) is 48.3. The van der Waals surface area contributed by atoms with Crippen molar-refractivity contribution in [1.82, 2.24) is 0 Å². The van der Waals surface area contributed by atoms with E-state index in [0.717, 1.165) is 57.8 Å². The lowest BCUT2D eigenvalue weighted by Crippen LogP contribution is -2.29. The molecule has 0 amide bonds. The number of unbranched alkanes of at least 4 members (excludes halogenated alkanes) is 17. The van der Waals surface area contributed by atoms with Crippen molar-refractivity contribution in [2.24, 2.45) is 5.73 Å². The number of nitrogens with two attached hydrogens (primary N) is 1. The average molecular weight is 794 g/mol. The number of carbonyl (C=O) groups is 2. The van der Waals surface area contributed by atoms with Crippen molar-refractivity contribution < 1.29 is 37.6 Å². The van der Waals surface area contributed by atoms with Crippen LogP contribution in [-0.2, 0) is 32.7 Å². The van der Waals surface area contributed by atoms with Crippen molar-refractivity contribution in [1.29, 1.82) is 0 Å². The zero-order chi connectivity index (χ0) is 40.3. The molecule has 0 bridgehead atoms. The average Bonchev–Trinajstić information content (AvgIpc) is 3.17. The molecule has 0 aromatic carbocycles. The Kier molecular flexibility index (Phi) is 39.6. The number of ether oxygens (including phenoxy) is 2. The van der Waals surface area contributed by atoms with Gasteiger partial charge in [-0.1, -0.05) is 177 Å². The molecule has 0 heterocycles. The summed E-state index contributed by atoms with van der Waals surface area (Å²) in [6, 6.07) is 0. The van der Waals surface area contributed by atoms with Crippen LogP contribution in [0.5, 0.6) is 0 Å². The fourth-order valence-corrected chi connectivity index (χ4v) is 6.49. The Labute approximate surface area is 336 Å². The smallest absolute Gasteiger partial charge is 0.462 e. The van der Waals surface area contributed by atoms with Crippen molar-refractivity contribution in [2.75, 3.05) is 26.4 Å². The number of rotatable bonds is 40. The summed E-state index contributed by atoms with van der Waals surface area (Å²) in [5, 5.41) is 0. The molecule has 0 aliphatic carbocycles. The van der Waals surface area contributed by atoms with Gasteiger partial charge >= 0.3 is 19.8 Å². The number of hydrogen-bond donors (Lipinski definition) is 2. The molecule has 0 radical (unpaired) electrons. The molecule has 0 aliphatic heterocycles. The minimum Gasteiger partial charge on any atom is -0.462 e. The molecular weight excluding hydrogens is 713 g/mol. The summed E-state index contributed by atoms with van der Waals surface area (Å²) in [6.45, 7) is 3.56. The third-order valence-corrected chi connectivity index (χ3v) is 9.90. The first-order chi connectivity index (χ1) is 26.8. The van der Waals surface area contributed by atoms with Crippen LogP contribution in [-0.4, -0.2) is 49.3 Å². The fourth-order valence-electron chi connectivity index (χ4n) is 5.73. The summed E-state index contributed by atoms with van der Waals surface area (Å²) < 4.78 is 32.7. The molecule has 10 heteroatoms. The highest BCUT2D eigenvalue weighted by atomic mass is 31.2. The Morgan fingerprint density at radius 3 is 1.47 bits per heavy atom. The van der Waals surface area contributed by atoms with E-state index in [0.29, 0.717) is 12.8 Å². The van der Waals surface area contributed by atoms with Gasteiger partial charge in [0.05, 0.1) is 13.2 Å². The molecule has 0 aromatic heterocycles. The second-order valence-corrected chi connectivity index (χ2v) is 15.6. The highest BCUT2D eigenvalue weighted by molar-refractivity contribution is 7.47. The number of hydrogen-bond acceptors (Lipinski definition) is 8. The van der Waals surface area contributed by atoms with Gasteiger partial charge in [0, 0.05) is 19.4 Å². The minimum absolute atomic E-state index is 0.0446. The monoisotopic (exact) mass is 794 g/mol. The van der Waals surface area contributed by atoms with Crippen LogP contribution in [0.3, 0.4) is 0 Å². The van der Waals surface area contributed by atoms with Gasteiger partial charge in [0.15, 0.2) is 6.10 Å². The van der Waals surface area contributed by atoms with Crippen molar-refractivity contribution in [2.45, 2.75) is 187 Å². The van der Waals surface area contributed by atoms with Gasteiger partial charge in [-0.25, -0.2) is 4.57 Å².